The molecular weight excluding hydrogens is 304 g/mol. The van der Waals surface area contributed by atoms with Crippen LogP contribution < -0.4 is 14.8 Å². The zero-order chi connectivity index (χ0) is 16.9. The maximum atomic E-state index is 12.5. The van der Waals surface area contributed by atoms with Crippen LogP contribution in [0.1, 0.15) is 21.5 Å². The highest BCUT2D eigenvalue weighted by Crippen LogP contribution is 2.34. The van der Waals surface area contributed by atoms with Gasteiger partial charge in [-0.25, -0.2) is 0 Å². The molecule has 2 aromatic rings. The van der Waals surface area contributed by atoms with E-state index in [2.05, 4.69) is 17.4 Å². The summed E-state index contributed by atoms with van der Waals surface area (Å²) in [5, 5.41) is 3.38. The minimum Gasteiger partial charge on any atom is -0.493 e. The molecule has 5 nitrogen and oxygen atoms in total. The molecule has 0 unspecified atom stereocenters. The monoisotopic (exact) mass is 326 g/mol. The van der Waals surface area contributed by atoms with E-state index in [1.165, 1.54) is 5.56 Å². The fourth-order valence-electron chi connectivity index (χ4n) is 2.92. The van der Waals surface area contributed by atoms with Gasteiger partial charge in [0.1, 0.15) is 0 Å². The summed E-state index contributed by atoms with van der Waals surface area (Å²) < 4.78 is 10.6. The van der Waals surface area contributed by atoms with Crippen molar-refractivity contribution in [2.24, 2.45) is 0 Å². The molecule has 0 aliphatic carbocycles. The van der Waals surface area contributed by atoms with Gasteiger partial charge in [0.05, 0.1) is 14.2 Å². The van der Waals surface area contributed by atoms with Gasteiger partial charge in [0.25, 0.3) is 5.91 Å². The molecule has 5 heteroatoms. The lowest BCUT2D eigenvalue weighted by atomic mass is 10.1. The minimum atomic E-state index is 0.0486. The third-order valence-electron chi connectivity index (χ3n) is 4.22. The van der Waals surface area contributed by atoms with E-state index >= 15 is 0 Å². The summed E-state index contributed by atoms with van der Waals surface area (Å²) >= 11 is 0. The molecule has 2 aromatic carbocycles. The van der Waals surface area contributed by atoms with Crippen molar-refractivity contribution in [3.05, 3.63) is 59.2 Å². The third kappa shape index (κ3) is 3.36. The first-order valence-corrected chi connectivity index (χ1v) is 8.01. The Balaban J connectivity index is 1.57. The summed E-state index contributed by atoms with van der Waals surface area (Å²) in [5.74, 6) is 1.30. The van der Waals surface area contributed by atoms with Gasteiger partial charge in [-0.05, 0) is 23.3 Å². The topological polar surface area (TPSA) is 50.8 Å². The first-order valence-electron chi connectivity index (χ1n) is 8.01. The number of fused-ring (bicyclic) bond motifs is 1. The molecule has 24 heavy (non-hydrogen) atoms. The summed E-state index contributed by atoms with van der Waals surface area (Å²) in [6.07, 6.45) is 0. The Morgan fingerprint density at radius 1 is 1.08 bits per heavy atom. The quantitative estimate of drug-likeness (QED) is 0.794. The highest BCUT2D eigenvalue weighted by molar-refractivity contribution is 5.99. The van der Waals surface area contributed by atoms with E-state index in [0.29, 0.717) is 30.2 Å². The molecule has 0 bridgehead atoms. The van der Waals surface area contributed by atoms with Crippen molar-refractivity contribution in [2.75, 3.05) is 27.3 Å². The second-order valence-corrected chi connectivity index (χ2v) is 5.75. The molecule has 0 spiro atoms. The number of nitrogens with zero attached hydrogens (tertiary/aromatic N) is 1. The molecule has 1 N–H and O–H groups in total. The van der Waals surface area contributed by atoms with Crippen molar-refractivity contribution in [1.82, 2.24) is 10.2 Å². The van der Waals surface area contributed by atoms with Crippen LogP contribution in [0.2, 0.25) is 0 Å². The van der Waals surface area contributed by atoms with E-state index < -0.39 is 0 Å². The molecule has 1 aliphatic rings. The number of methoxy groups -OCH3 is 2. The maximum absolute atomic E-state index is 12.5. The number of carbonyl (C=O) groups excluding carboxylic acids is 1. The van der Waals surface area contributed by atoms with Gasteiger partial charge in [-0.3, -0.25) is 4.79 Å². The number of amides is 1. The molecule has 0 saturated carbocycles. The molecule has 0 fully saturated rings. The summed E-state index contributed by atoms with van der Waals surface area (Å²) in [5.41, 5.74) is 2.93. The molecule has 0 aromatic heterocycles. The van der Waals surface area contributed by atoms with Crippen LogP contribution in [0, 0.1) is 0 Å². The Bertz CT molecular complexity index is 716. The lowest BCUT2D eigenvalue weighted by Crippen LogP contribution is -2.32. The molecule has 1 heterocycles. The second-order valence-electron chi connectivity index (χ2n) is 5.75. The fourth-order valence-corrected chi connectivity index (χ4v) is 2.92. The Labute approximate surface area is 142 Å². The largest absolute Gasteiger partial charge is 0.493 e. The van der Waals surface area contributed by atoms with E-state index in [4.69, 9.17) is 9.47 Å². The van der Waals surface area contributed by atoms with Crippen molar-refractivity contribution in [2.45, 2.75) is 13.1 Å². The lowest BCUT2D eigenvalue weighted by molar-refractivity contribution is 0.0779. The van der Waals surface area contributed by atoms with Gasteiger partial charge in [-0.1, -0.05) is 30.3 Å². The van der Waals surface area contributed by atoms with E-state index in [0.717, 1.165) is 18.7 Å². The SMILES string of the molecule is COc1cc2c(cc1OC)C(=O)N(CCNCc1ccccc1)C2. The average molecular weight is 326 g/mol. The predicted molar refractivity (Wildman–Crippen MR) is 92.4 cm³/mol. The second kappa shape index (κ2) is 7.36. The molecule has 3 rings (SSSR count). The van der Waals surface area contributed by atoms with Crippen LogP contribution in [0.3, 0.4) is 0 Å². The zero-order valence-electron chi connectivity index (χ0n) is 14.0. The van der Waals surface area contributed by atoms with Gasteiger partial charge >= 0.3 is 0 Å². The van der Waals surface area contributed by atoms with E-state index in [9.17, 15) is 4.79 Å². The zero-order valence-corrected chi connectivity index (χ0v) is 14.0. The van der Waals surface area contributed by atoms with Gasteiger partial charge in [-0.2, -0.15) is 0 Å². The first-order chi connectivity index (χ1) is 11.7. The van der Waals surface area contributed by atoms with Crippen molar-refractivity contribution in [3.63, 3.8) is 0 Å². The smallest absolute Gasteiger partial charge is 0.254 e. The van der Waals surface area contributed by atoms with Crippen LogP contribution in [-0.4, -0.2) is 38.1 Å². The fraction of sp³-hybridized carbons (Fsp3) is 0.316. The predicted octanol–water partition coefficient (Wildman–Crippen LogP) is 2.45. The maximum Gasteiger partial charge on any atom is 0.254 e. The molecular formula is C19H22N2O3. The van der Waals surface area contributed by atoms with Crippen molar-refractivity contribution < 1.29 is 14.3 Å². The van der Waals surface area contributed by atoms with Crippen molar-refractivity contribution in [3.8, 4) is 11.5 Å². The van der Waals surface area contributed by atoms with Gasteiger partial charge in [0.2, 0.25) is 0 Å². The summed E-state index contributed by atoms with van der Waals surface area (Å²) in [4.78, 5) is 14.4. The minimum absolute atomic E-state index is 0.0486. The van der Waals surface area contributed by atoms with Crippen LogP contribution in [0.25, 0.3) is 0 Å². The molecule has 0 radical (unpaired) electrons. The van der Waals surface area contributed by atoms with Gasteiger partial charge < -0.3 is 19.7 Å². The highest BCUT2D eigenvalue weighted by atomic mass is 16.5. The van der Waals surface area contributed by atoms with Gasteiger partial charge in [0.15, 0.2) is 11.5 Å². The van der Waals surface area contributed by atoms with Crippen LogP contribution in [-0.2, 0) is 13.1 Å². The van der Waals surface area contributed by atoms with Crippen LogP contribution in [0.15, 0.2) is 42.5 Å². The first kappa shape index (κ1) is 16.3. The summed E-state index contributed by atoms with van der Waals surface area (Å²) in [6.45, 7) is 2.84. The highest BCUT2D eigenvalue weighted by Gasteiger charge is 2.28. The number of benzene rings is 2. The Hall–Kier alpha value is -2.53. The number of ether oxygens (including phenoxy) is 2. The van der Waals surface area contributed by atoms with Crippen molar-refractivity contribution >= 4 is 5.91 Å². The molecule has 126 valence electrons. The number of nitrogens with one attached hydrogen (secondary N) is 1. The standard InChI is InChI=1S/C19H22N2O3/c1-23-17-10-15-13-21(19(22)16(15)11-18(17)24-2)9-8-20-12-14-6-4-3-5-7-14/h3-7,10-11,20H,8-9,12-13H2,1-2H3. The summed E-state index contributed by atoms with van der Waals surface area (Å²) in [7, 11) is 3.18. The van der Waals surface area contributed by atoms with Crippen LogP contribution >= 0.6 is 0 Å². The van der Waals surface area contributed by atoms with E-state index in [1.807, 2.05) is 29.2 Å². The molecule has 1 amide bonds. The molecule has 0 atom stereocenters. The van der Waals surface area contributed by atoms with Crippen LogP contribution in [0.4, 0.5) is 0 Å². The average Bonchev–Trinajstić information content (AvgIpc) is 2.93. The normalized spacial score (nSPS) is 13.1. The number of rotatable bonds is 7. The Morgan fingerprint density at radius 3 is 2.50 bits per heavy atom. The molecule has 1 aliphatic heterocycles. The number of carbonyl (C=O) groups is 1. The van der Waals surface area contributed by atoms with Gasteiger partial charge in [-0.15, -0.1) is 0 Å². The van der Waals surface area contributed by atoms with Crippen LogP contribution in [0.5, 0.6) is 11.5 Å². The Kier molecular flexibility index (Phi) is 5.01. The lowest BCUT2D eigenvalue weighted by Gasteiger charge is -2.15. The van der Waals surface area contributed by atoms with E-state index in [-0.39, 0.29) is 5.91 Å². The van der Waals surface area contributed by atoms with Crippen molar-refractivity contribution in [1.29, 1.82) is 0 Å². The van der Waals surface area contributed by atoms with Gasteiger partial charge in [0, 0.05) is 31.7 Å². The number of hydrogen-bond donors (Lipinski definition) is 1. The molecule has 0 saturated heterocycles. The van der Waals surface area contributed by atoms with E-state index in [1.54, 1.807) is 20.3 Å². The number of hydrogen-bond acceptors (Lipinski definition) is 4. The summed E-state index contributed by atoms with van der Waals surface area (Å²) in [6, 6.07) is 13.9. The Morgan fingerprint density at radius 2 is 1.79 bits per heavy atom. The third-order valence-corrected chi connectivity index (χ3v) is 4.22.